The average molecular weight is 271 g/mol. The number of rotatable bonds is 5. The molecule has 6 heteroatoms. The first kappa shape index (κ1) is 14.7. The molecule has 5 nitrogen and oxygen atoms in total. The van der Waals surface area contributed by atoms with Gasteiger partial charge in [0.2, 0.25) is 5.91 Å². The van der Waals surface area contributed by atoms with Crippen molar-refractivity contribution in [2.45, 2.75) is 18.6 Å². The normalized spacial score (nSPS) is 13.1. The van der Waals surface area contributed by atoms with Gasteiger partial charge in [0.25, 0.3) is 0 Å². The largest absolute Gasteiger partial charge is 0.396 e. The zero-order chi connectivity index (χ0) is 13.8. The number of carbonyl (C=O) groups excluding carboxylic acids is 1. The molecule has 1 rings (SSSR count). The molecule has 2 N–H and O–H groups in total. The molecule has 0 spiro atoms. The number of aliphatic hydroxyl groups is 1. The first-order valence-corrected chi connectivity index (χ1v) is 7.49. The lowest BCUT2D eigenvalue weighted by Gasteiger charge is -2.10. The maximum absolute atomic E-state index is 11.6. The third-order valence-electron chi connectivity index (χ3n) is 2.63. The molecule has 0 fully saturated rings. The number of anilines is 1. The van der Waals surface area contributed by atoms with E-state index >= 15 is 0 Å². The number of nitrogens with one attached hydrogen (secondary N) is 1. The van der Waals surface area contributed by atoms with E-state index in [9.17, 15) is 13.2 Å². The Hall–Kier alpha value is -1.40. The van der Waals surface area contributed by atoms with Crippen molar-refractivity contribution >= 4 is 21.4 Å². The van der Waals surface area contributed by atoms with E-state index in [2.05, 4.69) is 5.32 Å². The van der Waals surface area contributed by atoms with Gasteiger partial charge >= 0.3 is 0 Å². The van der Waals surface area contributed by atoms with Crippen LogP contribution in [0.25, 0.3) is 0 Å². The second-order valence-electron chi connectivity index (χ2n) is 4.13. The lowest BCUT2D eigenvalue weighted by molar-refractivity contribution is -0.115. The fraction of sp³-hybridized carbons (Fsp3) is 0.417. The van der Waals surface area contributed by atoms with Gasteiger partial charge in [-0.2, -0.15) is 0 Å². The predicted octanol–water partition coefficient (Wildman–Crippen LogP) is 0.593. The van der Waals surface area contributed by atoms with E-state index in [0.717, 1.165) is 11.8 Å². The van der Waals surface area contributed by atoms with E-state index in [-0.39, 0.29) is 6.61 Å². The van der Waals surface area contributed by atoms with Gasteiger partial charge in [0.1, 0.15) is 5.25 Å². The van der Waals surface area contributed by atoms with Gasteiger partial charge in [0.15, 0.2) is 9.84 Å². The summed E-state index contributed by atoms with van der Waals surface area (Å²) in [6.07, 6.45) is 1.58. The molecule has 1 aromatic carbocycles. The molecule has 1 atom stereocenters. The van der Waals surface area contributed by atoms with E-state index in [1.54, 1.807) is 24.3 Å². The Labute approximate surface area is 107 Å². The fourth-order valence-corrected chi connectivity index (χ4v) is 1.77. The molecule has 0 aliphatic heterocycles. The summed E-state index contributed by atoms with van der Waals surface area (Å²) in [5.74, 6) is -0.549. The number of amides is 1. The first-order chi connectivity index (χ1) is 8.34. The summed E-state index contributed by atoms with van der Waals surface area (Å²) in [5.41, 5.74) is 1.49. The lowest BCUT2D eigenvalue weighted by atomic mass is 10.1. The van der Waals surface area contributed by atoms with E-state index in [1.807, 2.05) is 0 Å². The predicted molar refractivity (Wildman–Crippen MR) is 70.2 cm³/mol. The maximum atomic E-state index is 11.6. The third kappa shape index (κ3) is 4.12. The van der Waals surface area contributed by atoms with Crippen molar-refractivity contribution in [2.24, 2.45) is 0 Å². The molecule has 0 aliphatic rings. The van der Waals surface area contributed by atoms with Crippen molar-refractivity contribution in [1.29, 1.82) is 0 Å². The molecule has 0 radical (unpaired) electrons. The molecule has 18 heavy (non-hydrogen) atoms. The highest BCUT2D eigenvalue weighted by Crippen LogP contribution is 2.11. The fourth-order valence-electron chi connectivity index (χ4n) is 1.32. The Morgan fingerprint density at radius 1 is 1.33 bits per heavy atom. The third-order valence-corrected chi connectivity index (χ3v) is 4.13. The van der Waals surface area contributed by atoms with Crippen molar-refractivity contribution in [3.05, 3.63) is 29.8 Å². The minimum absolute atomic E-state index is 0.0663. The van der Waals surface area contributed by atoms with E-state index in [1.165, 1.54) is 6.92 Å². The van der Waals surface area contributed by atoms with Crippen molar-refractivity contribution in [1.82, 2.24) is 0 Å². The van der Waals surface area contributed by atoms with Crippen LogP contribution in [0.1, 0.15) is 12.5 Å². The van der Waals surface area contributed by atoms with Crippen LogP contribution in [0.3, 0.4) is 0 Å². The first-order valence-electron chi connectivity index (χ1n) is 5.54. The molecular weight excluding hydrogens is 254 g/mol. The molecule has 0 bridgehead atoms. The van der Waals surface area contributed by atoms with E-state index < -0.39 is 21.0 Å². The average Bonchev–Trinajstić information content (AvgIpc) is 2.30. The molecule has 100 valence electrons. The lowest BCUT2D eigenvalue weighted by Crippen LogP contribution is -2.31. The van der Waals surface area contributed by atoms with Gasteiger partial charge < -0.3 is 10.4 Å². The van der Waals surface area contributed by atoms with Crippen LogP contribution in [0.5, 0.6) is 0 Å². The molecule has 0 aromatic heterocycles. The van der Waals surface area contributed by atoms with Crippen LogP contribution in [-0.2, 0) is 21.1 Å². The summed E-state index contributed by atoms with van der Waals surface area (Å²) in [6, 6.07) is 6.91. The quantitative estimate of drug-likeness (QED) is 0.821. The standard InChI is InChI=1S/C12H17NO4S/c1-9(18(2,16)17)12(15)13-11-5-3-10(4-6-11)7-8-14/h3-6,9,14H,7-8H2,1-2H3,(H,13,15). The van der Waals surface area contributed by atoms with Gasteiger partial charge in [-0.1, -0.05) is 12.1 Å². The van der Waals surface area contributed by atoms with Crippen LogP contribution in [0.15, 0.2) is 24.3 Å². The van der Waals surface area contributed by atoms with Crippen LogP contribution in [0, 0.1) is 0 Å². The monoisotopic (exact) mass is 271 g/mol. The van der Waals surface area contributed by atoms with Gasteiger partial charge in [-0.3, -0.25) is 4.79 Å². The zero-order valence-corrected chi connectivity index (χ0v) is 11.2. The second kappa shape index (κ2) is 5.97. The van der Waals surface area contributed by atoms with Crippen molar-refractivity contribution in [2.75, 3.05) is 18.2 Å². The number of hydrogen-bond acceptors (Lipinski definition) is 4. The molecule has 0 aliphatic carbocycles. The number of aliphatic hydroxyl groups excluding tert-OH is 1. The minimum Gasteiger partial charge on any atom is -0.396 e. The summed E-state index contributed by atoms with van der Waals surface area (Å²) in [6.45, 7) is 1.42. The molecule has 0 saturated heterocycles. The number of benzene rings is 1. The van der Waals surface area contributed by atoms with E-state index in [4.69, 9.17) is 5.11 Å². The zero-order valence-electron chi connectivity index (χ0n) is 10.4. The highest BCUT2D eigenvalue weighted by molar-refractivity contribution is 7.92. The Bertz CT molecular complexity index is 507. The van der Waals surface area contributed by atoms with Crippen molar-refractivity contribution in [3.8, 4) is 0 Å². The molecule has 1 unspecified atom stereocenters. The second-order valence-corrected chi connectivity index (χ2v) is 6.50. The number of carbonyl (C=O) groups is 1. The molecule has 0 heterocycles. The van der Waals surface area contributed by atoms with Gasteiger partial charge in [0.05, 0.1) is 0 Å². The number of hydrogen-bond donors (Lipinski definition) is 2. The van der Waals surface area contributed by atoms with Crippen LogP contribution in [0.4, 0.5) is 5.69 Å². The Kier molecular flexibility index (Phi) is 4.86. The molecule has 1 amide bonds. The molecular formula is C12H17NO4S. The Morgan fingerprint density at radius 3 is 2.33 bits per heavy atom. The topological polar surface area (TPSA) is 83.5 Å². The van der Waals surface area contributed by atoms with Crippen molar-refractivity contribution < 1.29 is 18.3 Å². The smallest absolute Gasteiger partial charge is 0.242 e. The van der Waals surface area contributed by atoms with Gasteiger partial charge in [-0.05, 0) is 31.0 Å². The summed E-state index contributed by atoms with van der Waals surface area (Å²) < 4.78 is 22.4. The van der Waals surface area contributed by atoms with E-state index in [0.29, 0.717) is 12.1 Å². The van der Waals surface area contributed by atoms with Crippen LogP contribution < -0.4 is 5.32 Å². The minimum atomic E-state index is -3.38. The highest BCUT2D eigenvalue weighted by Gasteiger charge is 2.23. The number of sulfone groups is 1. The van der Waals surface area contributed by atoms with Crippen molar-refractivity contribution in [3.63, 3.8) is 0 Å². The maximum Gasteiger partial charge on any atom is 0.242 e. The summed E-state index contributed by atoms with van der Waals surface area (Å²) in [7, 11) is -3.38. The summed E-state index contributed by atoms with van der Waals surface area (Å²) in [4.78, 5) is 11.6. The molecule has 0 saturated carbocycles. The SMILES string of the molecule is CC(C(=O)Nc1ccc(CCO)cc1)S(C)(=O)=O. The highest BCUT2D eigenvalue weighted by atomic mass is 32.2. The van der Waals surface area contributed by atoms with Gasteiger partial charge in [-0.25, -0.2) is 8.42 Å². The van der Waals surface area contributed by atoms with Crippen LogP contribution >= 0.6 is 0 Å². The Morgan fingerprint density at radius 2 is 1.89 bits per heavy atom. The van der Waals surface area contributed by atoms with Crippen LogP contribution in [-0.4, -0.2) is 37.5 Å². The summed E-state index contributed by atoms with van der Waals surface area (Å²) >= 11 is 0. The van der Waals surface area contributed by atoms with Gasteiger partial charge in [-0.15, -0.1) is 0 Å². The summed E-state index contributed by atoms with van der Waals surface area (Å²) in [5, 5.41) is 10.2. The molecule has 1 aromatic rings. The van der Waals surface area contributed by atoms with Crippen LogP contribution in [0.2, 0.25) is 0 Å². The Balaban J connectivity index is 2.71. The van der Waals surface area contributed by atoms with Gasteiger partial charge in [0, 0.05) is 18.6 Å².